The maximum absolute atomic E-state index is 6.22. The van der Waals surface area contributed by atoms with E-state index in [1.54, 1.807) is 7.11 Å². The first-order chi connectivity index (χ1) is 62.0. The summed E-state index contributed by atoms with van der Waals surface area (Å²) in [5.74, 6) is 6.64. The highest BCUT2D eigenvalue weighted by molar-refractivity contribution is 6.33. The summed E-state index contributed by atoms with van der Waals surface area (Å²) in [4.78, 5) is 51.3. The number of rotatable bonds is 30. The van der Waals surface area contributed by atoms with Gasteiger partial charge in [0.2, 0.25) is 35.7 Å². The Kier molecular flexibility index (Phi) is 40.5. The van der Waals surface area contributed by atoms with E-state index in [9.17, 15) is 0 Å². The number of unbranched alkanes of at least 4 members (excludes halogenated alkanes) is 1. The molecule has 0 atom stereocenters. The SMILES string of the molecule is CCCCNc1cc(-c2cccc(Cl)c2C)nc(N)n1.CCCNc1cc(-c2cccc(Cl)c2C)nc(N)n1.CCOCCCNc1cc(-c2cccc(Cl)c2C)nc(N)n1.COCCNc1cc(-c2cccc(Cl)c2C)nc(N)n1.Cc1c(Cl)cccc1-c1cc(CCC2CCOCC2)nc(N)n1.Cc1noc(C)c1CCNc1cc(-c2cccc(Cl)c2C)nc(N)n1. The standard InChI is InChI=1S/C18H20ClN5O.C18H22ClN3O.C16H21ClN4O.C15H19ClN4.C14H17ClN4O.C14H17ClN4/c1-10-13(5-4-6-15(10)19)16-9-17(23-18(20)22-16)21-8-7-14-11(2)24-25-12(14)3;1-12-15(3-2-4-16(12)19)17-11-14(21-18(20)22-17)6-5-13-7-9-23-10-8-13;1-3-22-9-5-8-19-15-10-14(20-16(18)21-15)12-6-4-7-13(17)11(12)2;1-3-4-8-18-14-9-13(19-15(17)20-14)11-6-5-7-12(16)10(11)2;1-9-10(4-3-5-11(9)15)12-8-13(17-6-7-20-2)19-14(16)18-12;1-3-7-17-13-8-12(18-14(16)19-13)10-5-4-6-11(15)9(10)2/h4-6,9H,7-8H2,1-3H3,(H3,20,21,22,23);2-4,11,13H,5-10H2,1H3,(H2,20,21,22);4,6-7,10H,3,5,8-9H2,1-2H3,(H3,18,19,20,21);5-7,9H,3-4,8H2,1-2H3,(H3,17,18,19,20);3-5,8H,6-7H2,1-2H3,(H3,16,17,18,19);4-6,8H,3,7H2,1-2H3,(H3,16,17,18,19). The second-order valence-corrected chi connectivity index (χ2v) is 32.7. The molecule has 1 aliphatic rings. The maximum Gasteiger partial charge on any atom is 0.222 e. The third-order valence-corrected chi connectivity index (χ3v) is 23.2. The van der Waals surface area contributed by atoms with Gasteiger partial charge < -0.3 is 79.7 Å². The fourth-order valence-corrected chi connectivity index (χ4v) is 14.6. The van der Waals surface area contributed by atoms with Crippen LogP contribution in [0, 0.1) is 61.3 Å². The van der Waals surface area contributed by atoms with Gasteiger partial charge in [0.25, 0.3) is 0 Å². The van der Waals surface area contributed by atoms with Crippen molar-refractivity contribution in [2.75, 3.05) is 134 Å². The predicted octanol–water partition coefficient (Wildman–Crippen LogP) is 21.7. The van der Waals surface area contributed by atoms with Gasteiger partial charge in [0.05, 0.1) is 46.5 Å². The number of aromatic nitrogens is 13. The highest BCUT2D eigenvalue weighted by atomic mass is 35.5. The van der Waals surface area contributed by atoms with Crippen molar-refractivity contribution in [2.24, 2.45) is 5.92 Å². The van der Waals surface area contributed by atoms with Crippen LogP contribution in [0.15, 0.2) is 150 Å². The first-order valence-corrected chi connectivity index (χ1v) is 45.0. The molecule has 17 N–H and O–H groups in total. The molecule has 0 amide bonds. The van der Waals surface area contributed by atoms with Crippen molar-refractivity contribution >= 4 is 134 Å². The van der Waals surface area contributed by atoms with E-state index in [1.807, 2.05) is 208 Å². The van der Waals surface area contributed by atoms with Crippen molar-refractivity contribution in [3.8, 4) is 67.5 Å². The number of hydrogen-bond acceptors (Lipinski definition) is 28. The molecule has 682 valence electrons. The molecule has 6 aromatic carbocycles. The lowest BCUT2D eigenvalue weighted by Gasteiger charge is -2.21. The normalized spacial score (nSPS) is 11.6. The largest absolute Gasteiger partial charge is 0.383 e. The molecule has 13 aromatic rings. The molecule has 8 heterocycles. The van der Waals surface area contributed by atoms with Crippen LogP contribution in [0.25, 0.3) is 67.5 Å². The number of nitrogens with zero attached hydrogens (tertiary/aromatic N) is 13. The molecule has 129 heavy (non-hydrogen) atoms. The number of nitrogens with one attached hydrogen (secondary N) is 5. The van der Waals surface area contributed by atoms with E-state index >= 15 is 0 Å². The summed E-state index contributed by atoms with van der Waals surface area (Å²) in [6.07, 6.45) is 9.26. The zero-order valence-corrected chi connectivity index (χ0v) is 79.6. The van der Waals surface area contributed by atoms with Crippen LogP contribution < -0.4 is 61.0 Å². The van der Waals surface area contributed by atoms with Crippen LogP contribution in [0.3, 0.4) is 0 Å². The fourth-order valence-electron chi connectivity index (χ4n) is 13.6. The number of methoxy groups -OCH3 is 1. The van der Waals surface area contributed by atoms with Crippen molar-refractivity contribution < 1.29 is 18.7 Å². The Bertz CT molecular complexity index is 5680. The van der Waals surface area contributed by atoms with E-state index in [0.717, 1.165) is 260 Å². The summed E-state index contributed by atoms with van der Waals surface area (Å²) < 4.78 is 20.9. The molecular formula is C95H116Cl6N24O4. The Morgan fingerprint density at radius 2 is 0.682 bits per heavy atom. The van der Waals surface area contributed by atoms with Crippen LogP contribution in [0.5, 0.6) is 0 Å². The number of nitrogen functional groups attached to an aromatic ring is 6. The highest BCUT2D eigenvalue weighted by Crippen LogP contribution is 2.36. The van der Waals surface area contributed by atoms with Crippen molar-refractivity contribution in [2.45, 2.75) is 134 Å². The average Bonchev–Trinajstić information content (AvgIpc) is 1.63. The summed E-state index contributed by atoms with van der Waals surface area (Å²) in [6, 6.07) is 46.0. The quantitative estimate of drug-likeness (QED) is 0.0186. The fraction of sp³-hybridized carbons (Fsp3) is 0.337. The van der Waals surface area contributed by atoms with Gasteiger partial charge in [-0.15, -0.1) is 0 Å². The number of anilines is 11. The van der Waals surface area contributed by atoms with Gasteiger partial charge in [-0.1, -0.05) is 168 Å². The summed E-state index contributed by atoms with van der Waals surface area (Å²) in [7, 11) is 1.65. The molecular weight excluding hydrogens is 1750 g/mol. The van der Waals surface area contributed by atoms with E-state index in [0.29, 0.717) is 58.2 Å². The molecule has 14 rings (SSSR count). The van der Waals surface area contributed by atoms with Gasteiger partial charge in [-0.2, -0.15) is 24.9 Å². The molecule has 0 aliphatic carbocycles. The Morgan fingerprint density at radius 1 is 0.364 bits per heavy atom. The molecule has 1 aliphatic heterocycles. The van der Waals surface area contributed by atoms with Crippen LogP contribution in [0.4, 0.5) is 64.8 Å². The molecule has 0 bridgehead atoms. The highest BCUT2D eigenvalue weighted by Gasteiger charge is 2.20. The summed E-state index contributed by atoms with van der Waals surface area (Å²) in [5, 5.41) is 24.4. The van der Waals surface area contributed by atoms with Crippen LogP contribution >= 0.6 is 69.6 Å². The Morgan fingerprint density at radius 3 is 1.00 bits per heavy atom. The van der Waals surface area contributed by atoms with Crippen molar-refractivity contribution in [3.05, 3.63) is 232 Å². The Labute approximate surface area is 785 Å². The number of aryl methyl sites for hydroxylation is 3. The number of ether oxygens (including phenoxy) is 3. The van der Waals surface area contributed by atoms with E-state index in [4.69, 9.17) is 123 Å². The lowest BCUT2D eigenvalue weighted by atomic mass is 9.94. The van der Waals surface area contributed by atoms with Crippen LogP contribution in [-0.2, 0) is 27.1 Å². The van der Waals surface area contributed by atoms with Crippen molar-refractivity contribution in [1.82, 2.24) is 65.0 Å². The number of halogens is 6. The van der Waals surface area contributed by atoms with Gasteiger partial charge in [-0.05, 0) is 195 Å². The summed E-state index contributed by atoms with van der Waals surface area (Å²) in [5.41, 5.74) is 54.3. The van der Waals surface area contributed by atoms with Crippen LogP contribution in [0.2, 0.25) is 30.1 Å². The Balaban J connectivity index is 0.000000175. The maximum atomic E-state index is 6.22. The lowest BCUT2D eigenvalue weighted by Crippen LogP contribution is -2.16. The number of benzene rings is 6. The molecule has 0 unspecified atom stereocenters. The van der Waals surface area contributed by atoms with Gasteiger partial charge in [-0.25, -0.2) is 34.9 Å². The molecule has 0 spiro atoms. The second kappa shape index (κ2) is 51.6. The van der Waals surface area contributed by atoms with E-state index in [-0.39, 0.29) is 29.7 Å². The minimum atomic E-state index is 0.219. The first-order valence-electron chi connectivity index (χ1n) is 42.7. The Hall–Kier alpha value is -11.6. The lowest BCUT2D eigenvalue weighted by molar-refractivity contribution is 0.0639. The first kappa shape index (κ1) is 101. The van der Waals surface area contributed by atoms with Gasteiger partial charge in [0.1, 0.15) is 34.8 Å². The molecule has 7 aromatic heterocycles. The number of nitrogens with two attached hydrogens (primary N) is 6. The average molecular weight is 1870 g/mol. The third kappa shape index (κ3) is 31.1. The second-order valence-electron chi connectivity index (χ2n) is 30.2. The molecule has 1 fully saturated rings. The van der Waals surface area contributed by atoms with E-state index < -0.39 is 0 Å². The monoisotopic (exact) mass is 1870 g/mol. The van der Waals surface area contributed by atoms with Crippen molar-refractivity contribution in [1.29, 1.82) is 0 Å². The van der Waals surface area contributed by atoms with Gasteiger partial charge in [0.15, 0.2) is 0 Å². The minimum Gasteiger partial charge on any atom is -0.383 e. The summed E-state index contributed by atoms with van der Waals surface area (Å²) >= 11 is 37.0. The predicted molar refractivity (Wildman–Crippen MR) is 532 cm³/mol. The zero-order valence-electron chi connectivity index (χ0n) is 75.0. The third-order valence-electron chi connectivity index (χ3n) is 20.8. The zero-order chi connectivity index (χ0) is 93.1. The molecule has 1 saturated heterocycles. The van der Waals surface area contributed by atoms with E-state index in [2.05, 4.69) is 105 Å². The molecule has 0 radical (unpaired) electrons. The van der Waals surface area contributed by atoms with Crippen molar-refractivity contribution in [3.63, 3.8) is 0 Å². The molecule has 0 saturated carbocycles. The van der Waals surface area contributed by atoms with Crippen LogP contribution in [0.1, 0.15) is 122 Å². The van der Waals surface area contributed by atoms with Gasteiger partial charge >= 0.3 is 0 Å². The molecule has 28 nitrogen and oxygen atoms in total. The van der Waals surface area contributed by atoms with Gasteiger partial charge in [0, 0.05) is 171 Å². The topological polar surface area (TPSA) is 425 Å². The smallest absolute Gasteiger partial charge is 0.222 e. The molecule has 34 heteroatoms. The van der Waals surface area contributed by atoms with E-state index in [1.165, 1.54) is 0 Å². The summed E-state index contributed by atoms with van der Waals surface area (Å²) in [6.45, 7) is 29.5. The van der Waals surface area contributed by atoms with Crippen LogP contribution in [-0.4, -0.2) is 138 Å². The number of hydrogen-bond donors (Lipinski definition) is 11. The van der Waals surface area contributed by atoms with Gasteiger partial charge in [-0.3, -0.25) is 0 Å². The minimum absolute atomic E-state index is 0.219.